The Labute approximate surface area is 148 Å². The lowest BCUT2D eigenvalue weighted by Gasteiger charge is -2.37. The van der Waals surface area contributed by atoms with Crippen molar-refractivity contribution in [3.05, 3.63) is 42.2 Å². The molecule has 1 aromatic heterocycles. The third-order valence-electron chi connectivity index (χ3n) is 4.93. The molecule has 0 unspecified atom stereocenters. The summed E-state index contributed by atoms with van der Waals surface area (Å²) in [6.07, 6.45) is 5.25. The SMILES string of the molecule is CN(C(=O)CCn1cnnn1)[C@@H]1CCCN(CCc2ccccc2)C1. The van der Waals surface area contributed by atoms with Gasteiger partial charge in [-0.1, -0.05) is 30.3 Å². The fourth-order valence-electron chi connectivity index (χ4n) is 3.36. The number of rotatable bonds is 7. The van der Waals surface area contributed by atoms with E-state index in [2.05, 4.69) is 50.8 Å². The maximum Gasteiger partial charge on any atom is 0.224 e. The smallest absolute Gasteiger partial charge is 0.224 e. The van der Waals surface area contributed by atoms with Crippen LogP contribution in [0.25, 0.3) is 0 Å². The highest BCUT2D eigenvalue weighted by atomic mass is 16.2. The number of amides is 1. The van der Waals surface area contributed by atoms with Crippen molar-refractivity contribution in [2.24, 2.45) is 0 Å². The molecule has 134 valence electrons. The molecular weight excluding hydrogens is 316 g/mol. The van der Waals surface area contributed by atoms with Gasteiger partial charge in [0.15, 0.2) is 0 Å². The van der Waals surface area contributed by atoms with Gasteiger partial charge in [0, 0.05) is 32.6 Å². The zero-order chi connectivity index (χ0) is 17.5. The predicted molar refractivity (Wildman–Crippen MR) is 94.8 cm³/mol. The molecule has 1 fully saturated rings. The highest BCUT2D eigenvalue weighted by Crippen LogP contribution is 2.16. The van der Waals surface area contributed by atoms with Gasteiger partial charge in [-0.15, -0.1) is 5.10 Å². The van der Waals surface area contributed by atoms with E-state index in [0.29, 0.717) is 19.0 Å². The van der Waals surface area contributed by atoms with E-state index in [9.17, 15) is 4.79 Å². The van der Waals surface area contributed by atoms with E-state index in [1.165, 1.54) is 5.56 Å². The van der Waals surface area contributed by atoms with Crippen molar-refractivity contribution in [2.75, 3.05) is 26.7 Å². The van der Waals surface area contributed by atoms with Crippen LogP contribution in [0.1, 0.15) is 24.8 Å². The van der Waals surface area contributed by atoms with E-state index in [1.54, 1.807) is 11.0 Å². The van der Waals surface area contributed by atoms with Gasteiger partial charge in [0.2, 0.25) is 5.91 Å². The van der Waals surface area contributed by atoms with E-state index >= 15 is 0 Å². The molecule has 0 bridgehead atoms. The molecule has 1 saturated heterocycles. The van der Waals surface area contributed by atoms with Gasteiger partial charge in [0.1, 0.15) is 6.33 Å². The topological polar surface area (TPSA) is 67.2 Å². The Hall–Kier alpha value is -2.28. The van der Waals surface area contributed by atoms with Gasteiger partial charge in [0.05, 0.1) is 6.54 Å². The number of hydrogen-bond donors (Lipinski definition) is 0. The van der Waals surface area contributed by atoms with Crippen molar-refractivity contribution in [1.82, 2.24) is 30.0 Å². The average molecular weight is 342 g/mol. The van der Waals surface area contributed by atoms with Crippen LogP contribution in [-0.2, 0) is 17.8 Å². The van der Waals surface area contributed by atoms with Gasteiger partial charge in [-0.05, 0) is 41.8 Å². The summed E-state index contributed by atoms with van der Waals surface area (Å²) in [6, 6.07) is 10.9. The second-order valence-electron chi connectivity index (χ2n) is 6.66. The molecule has 2 heterocycles. The standard InChI is InChI=1S/C18H26N6O/c1-22(18(25)10-13-24-15-19-20-21-24)17-8-5-11-23(14-17)12-9-16-6-3-2-4-7-16/h2-4,6-7,15,17H,5,8-14H2,1H3/t17-/m1/s1. The largest absolute Gasteiger partial charge is 0.341 e. The maximum atomic E-state index is 12.4. The normalized spacial score (nSPS) is 18.2. The van der Waals surface area contributed by atoms with E-state index in [-0.39, 0.29) is 5.91 Å². The summed E-state index contributed by atoms with van der Waals surface area (Å²) in [5.41, 5.74) is 1.37. The maximum absolute atomic E-state index is 12.4. The summed E-state index contributed by atoms with van der Waals surface area (Å²) in [5.74, 6) is 0.158. The molecule has 1 amide bonds. The third-order valence-corrected chi connectivity index (χ3v) is 4.93. The average Bonchev–Trinajstić information content (AvgIpc) is 3.18. The van der Waals surface area contributed by atoms with Gasteiger partial charge >= 0.3 is 0 Å². The minimum absolute atomic E-state index is 0.158. The van der Waals surface area contributed by atoms with Crippen molar-refractivity contribution < 1.29 is 4.79 Å². The molecule has 1 aliphatic heterocycles. The van der Waals surface area contributed by atoms with E-state index in [4.69, 9.17) is 0 Å². The second kappa shape index (κ2) is 8.71. The molecule has 1 aliphatic rings. The molecule has 1 atom stereocenters. The number of aromatic nitrogens is 4. The highest BCUT2D eigenvalue weighted by Gasteiger charge is 2.25. The fraction of sp³-hybridized carbons (Fsp3) is 0.556. The number of nitrogens with zero attached hydrogens (tertiary/aromatic N) is 6. The first-order valence-corrected chi connectivity index (χ1v) is 8.95. The Morgan fingerprint density at radius 1 is 1.28 bits per heavy atom. The van der Waals surface area contributed by atoms with Crippen LogP contribution in [0.5, 0.6) is 0 Å². The lowest BCUT2D eigenvalue weighted by Crippen LogP contribution is -2.49. The Morgan fingerprint density at radius 2 is 2.12 bits per heavy atom. The number of aryl methyl sites for hydroxylation is 1. The van der Waals surface area contributed by atoms with Gasteiger partial charge in [-0.2, -0.15) is 0 Å². The third kappa shape index (κ3) is 5.09. The summed E-state index contributed by atoms with van der Waals surface area (Å²) < 4.78 is 1.60. The van der Waals surface area contributed by atoms with Crippen LogP contribution in [0, 0.1) is 0 Å². The number of likely N-dealkylation sites (tertiary alicyclic amines) is 1. The van der Waals surface area contributed by atoms with Gasteiger partial charge in [0.25, 0.3) is 0 Å². The van der Waals surface area contributed by atoms with Crippen molar-refractivity contribution >= 4 is 5.91 Å². The Balaban J connectivity index is 1.45. The number of carbonyl (C=O) groups is 1. The summed E-state index contributed by atoms with van der Waals surface area (Å²) in [6.45, 7) is 3.66. The van der Waals surface area contributed by atoms with Crippen molar-refractivity contribution in [2.45, 2.75) is 38.3 Å². The van der Waals surface area contributed by atoms with Crippen molar-refractivity contribution in [1.29, 1.82) is 0 Å². The summed E-state index contributed by atoms with van der Waals surface area (Å²) >= 11 is 0. The number of likely N-dealkylation sites (N-methyl/N-ethyl adjacent to an activating group) is 1. The molecule has 7 nitrogen and oxygen atoms in total. The van der Waals surface area contributed by atoms with Crippen LogP contribution in [0.3, 0.4) is 0 Å². The lowest BCUT2D eigenvalue weighted by atomic mass is 10.0. The van der Waals surface area contributed by atoms with Crippen molar-refractivity contribution in [3.63, 3.8) is 0 Å². The van der Waals surface area contributed by atoms with Gasteiger partial charge in [-0.3, -0.25) is 4.79 Å². The monoisotopic (exact) mass is 342 g/mol. The van der Waals surface area contributed by atoms with E-state index in [1.807, 2.05) is 11.9 Å². The molecule has 0 spiro atoms. The Bertz CT molecular complexity index is 645. The van der Waals surface area contributed by atoms with Crippen molar-refractivity contribution in [3.8, 4) is 0 Å². The molecule has 0 aliphatic carbocycles. The van der Waals surface area contributed by atoms with E-state index < -0.39 is 0 Å². The minimum Gasteiger partial charge on any atom is -0.341 e. The van der Waals surface area contributed by atoms with Crippen LogP contribution in [0.15, 0.2) is 36.7 Å². The molecule has 0 N–H and O–H groups in total. The second-order valence-corrected chi connectivity index (χ2v) is 6.66. The first-order valence-electron chi connectivity index (χ1n) is 8.95. The zero-order valence-corrected chi connectivity index (χ0v) is 14.8. The predicted octanol–water partition coefficient (Wildman–Crippen LogP) is 1.23. The van der Waals surface area contributed by atoms with Gasteiger partial charge in [-0.25, -0.2) is 4.68 Å². The quantitative estimate of drug-likeness (QED) is 0.757. The lowest BCUT2D eigenvalue weighted by molar-refractivity contribution is -0.133. The van der Waals surface area contributed by atoms with Crippen LogP contribution >= 0.6 is 0 Å². The minimum atomic E-state index is 0.158. The van der Waals surface area contributed by atoms with Crippen LogP contribution in [0.4, 0.5) is 0 Å². The molecule has 7 heteroatoms. The molecule has 1 aromatic carbocycles. The number of piperidine rings is 1. The summed E-state index contributed by atoms with van der Waals surface area (Å²) in [7, 11) is 1.92. The number of benzene rings is 1. The first kappa shape index (κ1) is 17.5. The zero-order valence-electron chi connectivity index (χ0n) is 14.8. The van der Waals surface area contributed by atoms with Crippen LogP contribution in [0.2, 0.25) is 0 Å². The number of hydrogen-bond acceptors (Lipinski definition) is 5. The molecule has 0 radical (unpaired) electrons. The Kier molecular flexibility index (Phi) is 6.11. The molecule has 2 aromatic rings. The summed E-state index contributed by atoms with van der Waals surface area (Å²) in [4.78, 5) is 16.8. The molecule has 0 saturated carbocycles. The Morgan fingerprint density at radius 3 is 2.88 bits per heavy atom. The number of carbonyl (C=O) groups excluding carboxylic acids is 1. The first-order chi connectivity index (χ1) is 12.2. The number of tetrazole rings is 1. The molecule has 25 heavy (non-hydrogen) atoms. The van der Waals surface area contributed by atoms with E-state index in [0.717, 1.165) is 38.9 Å². The van der Waals surface area contributed by atoms with Gasteiger partial charge < -0.3 is 9.80 Å². The van der Waals surface area contributed by atoms with Crippen LogP contribution < -0.4 is 0 Å². The highest BCUT2D eigenvalue weighted by molar-refractivity contribution is 5.76. The molecule has 3 rings (SSSR count). The van der Waals surface area contributed by atoms with Crippen LogP contribution in [-0.4, -0.2) is 68.6 Å². The summed E-state index contributed by atoms with van der Waals surface area (Å²) in [5, 5.41) is 11.0. The fourth-order valence-corrected chi connectivity index (χ4v) is 3.36. The molecular formula is C18H26N6O.